The van der Waals surface area contributed by atoms with Crippen LogP contribution in [0.3, 0.4) is 0 Å². The van der Waals surface area contributed by atoms with Crippen molar-refractivity contribution in [2.75, 3.05) is 26.3 Å². The van der Waals surface area contributed by atoms with Crippen LogP contribution in [0.25, 0.3) is 0 Å². The highest BCUT2D eigenvalue weighted by Gasteiger charge is 2.10. The molecule has 0 spiro atoms. The van der Waals surface area contributed by atoms with Gasteiger partial charge in [0, 0.05) is 19.2 Å². The van der Waals surface area contributed by atoms with Crippen molar-refractivity contribution in [1.29, 1.82) is 0 Å². The van der Waals surface area contributed by atoms with Crippen LogP contribution in [0.1, 0.15) is 10.4 Å². The van der Waals surface area contributed by atoms with E-state index in [0.29, 0.717) is 26.3 Å². The lowest BCUT2D eigenvalue weighted by Gasteiger charge is -2.07. The summed E-state index contributed by atoms with van der Waals surface area (Å²) in [6, 6.07) is 3.22. The first-order chi connectivity index (χ1) is 8.15. The quantitative estimate of drug-likeness (QED) is 0.624. The molecule has 0 heterocycles. The molecular weight excluding hydrogens is 227 g/mol. The molecule has 6 heteroatoms. The van der Waals surface area contributed by atoms with Gasteiger partial charge in [0.2, 0.25) is 0 Å². The molecule has 0 fully saturated rings. The Kier molecular flexibility index (Phi) is 5.38. The third-order valence-electron chi connectivity index (χ3n) is 2.00. The predicted octanol–water partition coefficient (Wildman–Crippen LogP) is 0.236. The molecule has 0 saturated heterocycles. The molecule has 0 bridgehead atoms. The molecule has 0 unspecified atom stereocenters. The van der Waals surface area contributed by atoms with Crippen LogP contribution in [0.5, 0.6) is 5.75 Å². The zero-order chi connectivity index (χ0) is 12.7. The monoisotopic (exact) mass is 242 g/mol. The Labute approximate surface area is 98.4 Å². The standard InChI is InChI=1S/C11H15FN2O3/c12-8-1-2-9(10(15)7-8)11(16)14-4-6-17-5-3-13/h1-2,7,15H,3-6,13H2,(H,14,16). The minimum Gasteiger partial charge on any atom is -0.507 e. The molecule has 4 N–H and O–H groups in total. The number of benzene rings is 1. The molecule has 0 aliphatic heterocycles. The zero-order valence-corrected chi connectivity index (χ0v) is 9.28. The molecule has 1 aromatic rings. The fraction of sp³-hybridized carbons (Fsp3) is 0.364. The van der Waals surface area contributed by atoms with Crippen molar-refractivity contribution in [1.82, 2.24) is 5.32 Å². The van der Waals surface area contributed by atoms with Gasteiger partial charge in [-0.25, -0.2) is 4.39 Å². The van der Waals surface area contributed by atoms with Crippen molar-refractivity contribution >= 4 is 5.91 Å². The highest BCUT2D eigenvalue weighted by atomic mass is 19.1. The minimum absolute atomic E-state index is 0.0326. The van der Waals surface area contributed by atoms with E-state index < -0.39 is 11.7 Å². The van der Waals surface area contributed by atoms with Crippen LogP contribution < -0.4 is 11.1 Å². The van der Waals surface area contributed by atoms with E-state index in [1.165, 1.54) is 6.07 Å². The van der Waals surface area contributed by atoms with Crippen molar-refractivity contribution in [2.24, 2.45) is 5.73 Å². The summed E-state index contributed by atoms with van der Waals surface area (Å²) in [5, 5.41) is 11.9. The Morgan fingerprint density at radius 3 is 2.88 bits per heavy atom. The Hall–Kier alpha value is -1.66. The largest absolute Gasteiger partial charge is 0.507 e. The number of carbonyl (C=O) groups is 1. The highest BCUT2D eigenvalue weighted by molar-refractivity contribution is 5.96. The molecule has 1 amide bonds. The summed E-state index contributed by atoms with van der Waals surface area (Å²) in [5.41, 5.74) is 5.25. The van der Waals surface area contributed by atoms with Gasteiger partial charge in [-0.3, -0.25) is 4.79 Å². The van der Waals surface area contributed by atoms with E-state index in [2.05, 4.69) is 5.32 Å². The molecule has 94 valence electrons. The number of hydrogen-bond acceptors (Lipinski definition) is 4. The lowest BCUT2D eigenvalue weighted by Crippen LogP contribution is -2.28. The maximum atomic E-state index is 12.7. The summed E-state index contributed by atoms with van der Waals surface area (Å²) in [6.07, 6.45) is 0. The van der Waals surface area contributed by atoms with E-state index in [9.17, 15) is 14.3 Å². The summed E-state index contributed by atoms with van der Waals surface area (Å²) in [4.78, 5) is 11.5. The van der Waals surface area contributed by atoms with Crippen molar-refractivity contribution in [2.45, 2.75) is 0 Å². The smallest absolute Gasteiger partial charge is 0.255 e. The van der Waals surface area contributed by atoms with Crippen LogP contribution in [0.4, 0.5) is 4.39 Å². The Morgan fingerprint density at radius 2 is 2.24 bits per heavy atom. The maximum Gasteiger partial charge on any atom is 0.255 e. The lowest BCUT2D eigenvalue weighted by atomic mass is 10.2. The number of hydrogen-bond donors (Lipinski definition) is 3. The molecule has 0 radical (unpaired) electrons. The second-order valence-electron chi connectivity index (χ2n) is 3.32. The van der Waals surface area contributed by atoms with E-state index in [1.807, 2.05) is 0 Å². The van der Waals surface area contributed by atoms with E-state index in [0.717, 1.165) is 12.1 Å². The number of phenols is 1. The number of halogens is 1. The van der Waals surface area contributed by atoms with E-state index in [4.69, 9.17) is 10.5 Å². The molecule has 0 atom stereocenters. The molecular formula is C11H15FN2O3. The van der Waals surface area contributed by atoms with Crippen molar-refractivity contribution in [3.05, 3.63) is 29.6 Å². The average Bonchev–Trinajstić information content (AvgIpc) is 2.28. The topological polar surface area (TPSA) is 84.6 Å². The van der Waals surface area contributed by atoms with E-state index in [-0.39, 0.29) is 11.3 Å². The van der Waals surface area contributed by atoms with Crippen molar-refractivity contribution < 1.29 is 19.0 Å². The van der Waals surface area contributed by atoms with Crippen LogP contribution in [-0.4, -0.2) is 37.3 Å². The maximum absolute atomic E-state index is 12.7. The van der Waals surface area contributed by atoms with E-state index in [1.54, 1.807) is 0 Å². The minimum atomic E-state index is -0.592. The lowest BCUT2D eigenvalue weighted by molar-refractivity contribution is 0.0917. The SMILES string of the molecule is NCCOCCNC(=O)c1ccc(F)cc1O. The van der Waals surface area contributed by atoms with Gasteiger partial charge in [0.05, 0.1) is 18.8 Å². The second-order valence-corrected chi connectivity index (χ2v) is 3.32. The predicted molar refractivity (Wildman–Crippen MR) is 60.3 cm³/mol. The number of phenolic OH excluding ortho intramolecular Hbond substituents is 1. The van der Waals surface area contributed by atoms with Gasteiger partial charge in [-0.15, -0.1) is 0 Å². The number of rotatable bonds is 6. The molecule has 0 saturated carbocycles. The van der Waals surface area contributed by atoms with Crippen molar-refractivity contribution in [3.8, 4) is 5.75 Å². The second kappa shape index (κ2) is 6.82. The Bertz CT molecular complexity index is 385. The third-order valence-corrected chi connectivity index (χ3v) is 2.00. The number of nitrogens with two attached hydrogens (primary N) is 1. The van der Waals surface area contributed by atoms with Gasteiger partial charge in [-0.05, 0) is 12.1 Å². The number of amides is 1. The summed E-state index contributed by atoms with van der Waals surface area (Å²) in [7, 11) is 0. The number of ether oxygens (including phenoxy) is 1. The van der Waals surface area contributed by atoms with Gasteiger partial charge in [-0.1, -0.05) is 0 Å². The molecule has 0 aliphatic carbocycles. The Morgan fingerprint density at radius 1 is 1.47 bits per heavy atom. The van der Waals surface area contributed by atoms with Crippen molar-refractivity contribution in [3.63, 3.8) is 0 Å². The molecule has 17 heavy (non-hydrogen) atoms. The number of carbonyl (C=O) groups excluding carboxylic acids is 1. The Balaban J connectivity index is 2.42. The van der Waals surface area contributed by atoms with Gasteiger partial charge in [0.25, 0.3) is 5.91 Å². The van der Waals surface area contributed by atoms with Crippen LogP contribution in [0.15, 0.2) is 18.2 Å². The van der Waals surface area contributed by atoms with Gasteiger partial charge >= 0.3 is 0 Å². The first kappa shape index (κ1) is 13.4. The van der Waals surface area contributed by atoms with Gasteiger partial charge in [0.1, 0.15) is 11.6 Å². The van der Waals surface area contributed by atoms with Crippen LogP contribution in [-0.2, 0) is 4.74 Å². The van der Waals surface area contributed by atoms with Crippen LogP contribution >= 0.6 is 0 Å². The zero-order valence-electron chi connectivity index (χ0n) is 9.28. The molecule has 5 nitrogen and oxygen atoms in total. The summed E-state index contributed by atoms with van der Waals surface area (Å²) in [5.74, 6) is -1.45. The van der Waals surface area contributed by atoms with Gasteiger partial charge < -0.3 is 20.9 Å². The summed E-state index contributed by atoms with van der Waals surface area (Å²) >= 11 is 0. The van der Waals surface area contributed by atoms with Gasteiger partial charge in [0.15, 0.2) is 0 Å². The third kappa shape index (κ3) is 4.38. The van der Waals surface area contributed by atoms with E-state index >= 15 is 0 Å². The van der Waals surface area contributed by atoms with Gasteiger partial charge in [-0.2, -0.15) is 0 Å². The summed E-state index contributed by atoms with van der Waals surface area (Å²) < 4.78 is 17.7. The summed E-state index contributed by atoms with van der Waals surface area (Å²) in [6.45, 7) is 1.49. The number of nitrogens with one attached hydrogen (secondary N) is 1. The van der Waals surface area contributed by atoms with Crippen LogP contribution in [0, 0.1) is 5.82 Å². The molecule has 0 aromatic heterocycles. The molecule has 1 rings (SSSR count). The average molecular weight is 242 g/mol. The number of aromatic hydroxyl groups is 1. The normalized spacial score (nSPS) is 10.2. The molecule has 1 aromatic carbocycles. The first-order valence-electron chi connectivity index (χ1n) is 5.19. The highest BCUT2D eigenvalue weighted by Crippen LogP contribution is 2.17. The first-order valence-corrected chi connectivity index (χ1v) is 5.19. The van der Waals surface area contributed by atoms with Crippen LogP contribution in [0.2, 0.25) is 0 Å². The molecule has 0 aliphatic rings. The fourth-order valence-electron chi connectivity index (χ4n) is 1.21. The fourth-order valence-corrected chi connectivity index (χ4v) is 1.21.